The quantitative estimate of drug-likeness (QED) is 0.160. The molecule has 0 saturated carbocycles. The van der Waals surface area contributed by atoms with E-state index in [2.05, 4.69) is 35.9 Å². The molecule has 1 atom stereocenters. The zero-order valence-corrected chi connectivity index (χ0v) is 20.4. The maximum Gasteiger partial charge on any atom is 0.271 e. The summed E-state index contributed by atoms with van der Waals surface area (Å²) in [6, 6.07) is 10.8. The van der Waals surface area contributed by atoms with Crippen LogP contribution in [0, 0.1) is 15.9 Å². The Kier molecular flexibility index (Phi) is 8.58. The molecule has 35 heavy (non-hydrogen) atoms. The summed E-state index contributed by atoms with van der Waals surface area (Å²) in [7, 11) is 0. The molecule has 0 aliphatic heterocycles. The average molecular weight is 500 g/mol. The van der Waals surface area contributed by atoms with E-state index in [1.54, 1.807) is 10.6 Å². The highest BCUT2D eigenvalue weighted by atomic mass is 32.2. The predicted molar refractivity (Wildman–Crippen MR) is 132 cm³/mol. The van der Waals surface area contributed by atoms with E-state index >= 15 is 0 Å². The van der Waals surface area contributed by atoms with Crippen LogP contribution in [0.25, 0.3) is 0 Å². The minimum Gasteiger partial charge on any atom is -0.483 e. The first-order chi connectivity index (χ1) is 16.7. The molecule has 0 radical (unpaired) electrons. The van der Waals surface area contributed by atoms with E-state index in [9.17, 15) is 19.3 Å². The van der Waals surface area contributed by atoms with Crippen LogP contribution in [0.15, 0.2) is 60.3 Å². The number of hydrogen-bond donors (Lipinski definition) is 1. The number of allylic oxidation sites excluding steroid dienone is 1. The highest BCUT2D eigenvalue weighted by molar-refractivity contribution is 7.99. The van der Waals surface area contributed by atoms with E-state index < -0.39 is 22.8 Å². The third-order valence-electron chi connectivity index (χ3n) is 5.05. The number of rotatable bonds is 11. The van der Waals surface area contributed by atoms with Crippen molar-refractivity contribution in [1.82, 2.24) is 14.8 Å². The number of anilines is 1. The molecular weight excluding hydrogens is 473 g/mol. The molecule has 1 unspecified atom stereocenters. The molecule has 0 fully saturated rings. The summed E-state index contributed by atoms with van der Waals surface area (Å²) in [5.41, 5.74) is 0.628. The van der Waals surface area contributed by atoms with Crippen LogP contribution in [0.5, 0.6) is 5.75 Å². The van der Waals surface area contributed by atoms with Crippen molar-refractivity contribution in [2.75, 3.05) is 11.1 Å². The molecule has 0 saturated heterocycles. The molecule has 1 aromatic heterocycles. The molecule has 0 aliphatic rings. The molecule has 1 N–H and O–H groups in total. The van der Waals surface area contributed by atoms with Gasteiger partial charge in [0.1, 0.15) is 11.6 Å². The maximum absolute atomic E-state index is 14.0. The fraction of sp³-hybridized carbons (Fsp3) is 0.292. The van der Waals surface area contributed by atoms with Gasteiger partial charge in [0.05, 0.1) is 16.4 Å². The van der Waals surface area contributed by atoms with Crippen LogP contribution < -0.4 is 10.1 Å². The zero-order valence-electron chi connectivity index (χ0n) is 19.6. The van der Waals surface area contributed by atoms with Crippen molar-refractivity contribution in [3.63, 3.8) is 0 Å². The molecule has 0 spiro atoms. The topological polar surface area (TPSA) is 112 Å². The lowest BCUT2D eigenvalue weighted by atomic mass is 10.0. The standard InChI is InChI=1S/C24H26FN5O4S/c1-5-12-29-23(16(4)34-19-9-6-17(7-10-19)15(2)3)27-28-24(29)35-14-22(31)26-21-13-18(30(32)33)8-11-20(21)25/h5-11,13,15-16H,1,12,14H2,2-4H3,(H,26,31). The zero-order chi connectivity index (χ0) is 25.5. The van der Waals surface area contributed by atoms with Crippen molar-refractivity contribution < 1.29 is 18.8 Å². The Bertz CT molecular complexity index is 1210. The summed E-state index contributed by atoms with van der Waals surface area (Å²) >= 11 is 1.10. The van der Waals surface area contributed by atoms with Crippen LogP contribution in [-0.2, 0) is 11.3 Å². The lowest BCUT2D eigenvalue weighted by Gasteiger charge is -2.16. The van der Waals surface area contributed by atoms with Crippen LogP contribution in [0.2, 0.25) is 0 Å². The number of halogens is 1. The summed E-state index contributed by atoms with van der Waals surface area (Å²) in [5, 5.41) is 22.1. The van der Waals surface area contributed by atoms with Gasteiger partial charge in [0.2, 0.25) is 5.91 Å². The normalized spacial score (nSPS) is 11.8. The van der Waals surface area contributed by atoms with Crippen molar-refractivity contribution >= 4 is 29.0 Å². The number of ether oxygens (including phenoxy) is 1. The maximum atomic E-state index is 14.0. The van der Waals surface area contributed by atoms with Gasteiger partial charge in [-0.2, -0.15) is 0 Å². The average Bonchev–Trinajstić information content (AvgIpc) is 3.22. The number of aromatic nitrogens is 3. The number of carbonyl (C=O) groups excluding carboxylic acids is 1. The van der Waals surface area contributed by atoms with Crippen molar-refractivity contribution in [3.05, 3.63) is 82.4 Å². The monoisotopic (exact) mass is 499 g/mol. The summed E-state index contributed by atoms with van der Waals surface area (Å²) in [6.07, 6.45) is 1.26. The van der Waals surface area contributed by atoms with E-state index in [0.717, 1.165) is 30.0 Å². The van der Waals surface area contributed by atoms with Gasteiger partial charge in [-0.05, 0) is 36.6 Å². The summed E-state index contributed by atoms with van der Waals surface area (Å²) in [6.45, 7) is 10.3. The Morgan fingerprint density at radius 3 is 2.60 bits per heavy atom. The van der Waals surface area contributed by atoms with Gasteiger partial charge in [0.25, 0.3) is 5.69 Å². The first kappa shape index (κ1) is 25.9. The van der Waals surface area contributed by atoms with Crippen molar-refractivity contribution in [3.8, 4) is 5.75 Å². The molecule has 11 heteroatoms. The van der Waals surface area contributed by atoms with E-state index in [1.807, 2.05) is 31.2 Å². The third-order valence-corrected chi connectivity index (χ3v) is 6.01. The molecule has 184 valence electrons. The fourth-order valence-electron chi connectivity index (χ4n) is 3.24. The molecular formula is C24H26FN5O4S. The number of nitro benzene ring substituents is 1. The third kappa shape index (κ3) is 6.66. The van der Waals surface area contributed by atoms with Gasteiger partial charge in [-0.15, -0.1) is 16.8 Å². The first-order valence-corrected chi connectivity index (χ1v) is 11.8. The van der Waals surface area contributed by atoms with Gasteiger partial charge in [-0.25, -0.2) is 4.39 Å². The van der Waals surface area contributed by atoms with Crippen molar-refractivity contribution in [2.45, 2.75) is 44.5 Å². The predicted octanol–water partition coefficient (Wildman–Crippen LogP) is 5.51. The number of hydrogen-bond acceptors (Lipinski definition) is 7. The fourth-order valence-corrected chi connectivity index (χ4v) is 3.99. The summed E-state index contributed by atoms with van der Waals surface area (Å²) in [4.78, 5) is 22.6. The van der Waals surface area contributed by atoms with Crippen molar-refractivity contribution in [1.29, 1.82) is 0 Å². The summed E-state index contributed by atoms with van der Waals surface area (Å²) in [5.74, 6) is 0.260. The number of benzene rings is 2. The van der Waals surface area contributed by atoms with Crippen LogP contribution in [0.1, 0.15) is 44.2 Å². The van der Waals surface area contributed by atoms with Gasteiger partial charge >= 0.3 is 0 Å². The molecule has 0 aliphatic carbocycles. The van der Waals surface area contributed by atoms with E-state index in [4.69, 9.17) is 4.74 Å². The molecule has 1 amide bonds. The minimum absolute atomic E-state index is 0.108. The Balaban J connectivity index is 1.68. The second-order valence-corrected chi connectivity index (χ2v) is 8.92. The SMILES string of the molecule is C=CCn1c(SCC(=O)Nc2cc([N+](=O)[O-])ccc2F)nnc1C(C)Oc1ccc(C(C)C)cc1. The van der Waals surface area contributed by atoms with Crippen LogP contribution in [0.4, 0.5) is 15.8 Å². The number of nitro groups is 1. The van der Waals surface area contributed by atoms with Crippen LogP contribution >= 0.6 is 11.8 Å². The molecule has 3 rings (SSSR count). The number of non-ortho nitro benzene ring substituents is 1. The summed E-state index contributed by atoms with van der Waals surface area (Å²) < 4.78 is 21.8. The molecule has 0 bridgehead atoms. The van der Waals surface area contributed by atoms with Crippen molar-refractivity contribution in [2.24, 2.45) is 0 Å². The van der Waals surface area contributed by atoms with Crippen LogP contribution in [0.3, 0.4) is 0 Å². The number of nitrogens with one attached hydrogen (secondary N) is 1. The Labute approximate surface area is 206 Å². The Morgan fingerprint density at radius 1 is 1.26 bits per heavy atom. The molecule has 3 aromatic rings. The number of amides is 1. The number of thioether (sulfide) groups is 1. The largest absolute Gasteiger partial charge is 0.483 e. The lowest BCUT2D eigenvalue weighted by Crippen LogP contribution is -2.16. The number of carbonyl (C=O) groups is 1. The van der Waals surface area contributed by atoms with Gasteiger partial charge in [-0.1, -0.05) is 43.8 Å². The molecule has 9 nitrogen and oxygen atoms in total. The lowest BCUT2D eigenvalue weighted by molar-refractivity contribution is -0.384. The highest BCUT2D eigenvalue weighted by Crippen LogP contribution is 2.27. The molecule has 1 heterocycles. The van der Waals surface area contributed by atoms with E-state index in [1.165, 1.54) is 5.56 Å². The first-order valence-electron chi connectivity index (χ1n) is 10.9. The van der Waals surface area contributed by atoms with Gasteiger partial charge in [0, 0.05) is 18.7 Å². The highest BCUT2D eigenvalue weighted by Gasteiger charge is 2.20. The smallest absolute Gasteiger partial charge is 0.271 e. The van der Waals surface area contributed by atoms with Gasteiger partial charge in [0.15, 0.2) is 17.1 Å². The van der Waals surface area contributed by atoms with E-state index in [-0.39, 0.29) is 17.1 Å². The van der Waals surface area contributed by atoms with Gasteiger partial charge in [-0.3, -0.25) is 19.5 Å². The van der Waals surface area contributed by atoms with Crippen LogP contribution in [-0.4, -0.2) is 31.3 Å². The number of nitrogens with zero attached hydrogens (tertiary/aromatic N) is 4. The second-order valence-electron chi connectivity index (χ2n) is 7.98. The van der Waals surface area contributed by atoms with Gasteiger partial charge < -0.3 is 10.1 Å². The Hall–Kier alpha value is -3.73. The second kappa shape index (κ2) is 11.6. The van der Waals surface area contributed by atoms with E-state index in [0.29, 0.717) is 29.2 Å². The molecule has 2 aromatic carbocycles. The minimum atomic E-state index is -0.765. The Morgan fingerprint density at radius 2 is 1.97 bits per heavy atom.